The van der Waals surface area contributed by atoms with Crippen LogP contribution in [0.5, 0.6) is 0 Å². The first-order valence-electron chi connectivity index (χ1n) is 6.58. The maximum atomic E-state index is 5.96. The van der Waals surface area contributed by atoms with Crippen LogP contribution in [0.4, 0.5) is 11.4 Å². The molecule has 0 radical (unpaired) electrons. The molecule has 0 saturated carbocycles. The predicted octanol–water partition coefficient (Wildman–Crippen LogP) is 2.48. The van der Waals surface area contributed by atoms with Gasteiger partial charge in [-0.25, -0.2) is 0 Å². The van der Waals surface area contributed by atoms with E-state index in [2.05, 4.69) is 23.2 Å². The molecule has 1 fully saturated rings. The predicted molar refractivity (Wildman–Crippen MR) is 74.4 cm³/mol. The van der Waals surface area contributed by atoms with Gasteiger partial charge in [0.05, 0.1) is 11.4 Å². The summed E-state index contributed by atoms with van der Waals surface area (Å²) < 4.78 is 0. The Bertz CT molecular complexity index is 336. The average molecular weight is 233 g/mol. The lowest BCUT2D eigenvalue weighted by Gasteiger charge is -2.26. The minimum absolute atomic E-state index is 0.851. The Labute approximate surface area is 104 Å². The van der Waals surface area contributed by atoms with Gasteiger partial charge >= 0.3 is 0 Å². The molecule has 3 N–H and O–H groups in total. The number of rotatable bonds is 4. The molecule has 1 aromatic carbocycles. The number of para-hydroxylation sites is 1. The molecule has 94 valence electrons. The zero-order chi connectivity index (χ0) is 12.1. The molecule has 3 heteroatoms. The van der Waals surface area contributed by atoms with Crippen LogP contribution in [0.15, 0.2) is 18.2 Å². The van der Waals surface area contributed by atoms with Crippen molar-refractivity contribution in [1.82, 2.24) is 4.90 Å². The summed E-state index contributed by atoms with van der Waals surface area (Å²) in [6.45, 7) is 6.71. The molecule has 1 aromatic rings. The summed E-state index contributed by atoms with van der Waals surface area (Å²) in [4.78, 5) is 2.53. The number of nitrogens with zero attached hydrogens (tertiary/aromatic N) is 1. The van der Waals surface area contributed by atoms with Crippen molar-refractivity contribution in [3.63, 3.8) is 0 Å². The monoisotopic (exact) mass is 233 g/mol. The second-order valence-electron chi connectivity index (χ2n) is 4.87. The topological polar surface area (TPSA) is 41.3 Å². The molecule has 0 spiro atoms. The number of likely N-dealkylation sites (tertiary alicyclic amines) is 1. The smallest absolute Gasteiger partial charge is 0.0604 e. The first kappa shape index (κ1) is 12.2. The quantitative estimate of drug-likeness (QED) is 0.785. The van der Waals surface area contributed by atoms with Crippen LogP contribution in [0.1, 0.15) is 24.8 Å². The molecule has 17 heavy (non-hydrogen) atoms. The minimum atomic E-state index is 0.851. The standard InChI is InChI=1S/C14H23N3/c1-12-6-5-7-13(15)14(12)16-8-11-17-9-3-2-4-10-17/h5-7,16H,2-4,8-11,15H2,1H3. The van der Waals surface area contributed by atoms with Gasteiger partial charge < -0.3 is 16.0 Å². The lowest BCUT2D eigenvalue weighted by molar-refractivity contribution is 0.237. The molecule has 0 aromatic heterocycles. The third-order valence-corrected chi connectivity index (χ3v) is 3.48. The van der Waals surface area contributed by atoms with E-state index in [1.165, 1.54) is 37.9 Å². The van der Waals surface area contributed by atoms with Gasteiger partial charge in [-0.2, -0.15) is 0 Å². The van der Waals surface area contributed by atoms with Gasteiger partial charge in [0.1, 0.15) is 0 Å². The normalized spacial score (nSPS) is 17.0. The van der Waals surface area contributed by atoms with Gasteiger partial charge in [0.2, 0.25) is 0 Å². The van der Waals surface area contributed by atoms with E-state index in [1.54, 1.807) is 0 Å². The van der Waals surface area contributed by atoms with E-state index in [0.717, 1.165) is 24.5 Å². The van der Waals surface area contributed by atoms with Crippen LogP contribution in [0.2, 0.25) is 0 Å². The third kappa shape index (κ3) is 3.37. The Morgan fingerprint density at radius 1 is 1.24 bits per heavy atom. The highest BCUT2D eigenvalue weighted by Gasteiger charge is 2.09. The summed E-state index contributed by atoms with van der Waals surface area (Å²) in [5.41, 5.74) is 9.14. The number of hydrogen-bond donors (Lipinski definition) is 2. The highest BCUT2D eigenvalue weighted by Crippen LogP contribution is 2.22. The van der Waals surface area contributed by atoms with Crippen LogP contribution in [0, 0.1) is 6.92 Å². The number of hydrogen-bond acceptors (Lipinski definition) is 3. The largest absolute Gasteiger partial charge is 0.397 e. The zero-order valence-electron chi connectivity index (χ0n) is 10.7. The number of nitrogens with one attached hydrogen (secondary N) is 1. The lowest BCUT2D eigenvalue weighted by Crippen LogP contribution is -2.33. The fourth-order valence-corrected chi connectivity index (χ4v) is 2.45. The van der Waals surface area contributed by atoms with Gasteiger partial charge in [-0.3, -0.25) is 0 Å². The molecule has 1 saturated heterocycles. The number of benzene rings is 1. The maximum Gasteiger partial charge on any atom is 0.0604 e. The van der Waals surface area contributed by atoms with Crippen LogP contribution in [-0.4, -0.2) is 31.1 Å². The summed E-state index contributed by atoms with van der Waals surface area (Å²) >= 11 is 0. The molecule has 0 atom stereocenters. The van der Waals surface area contributed by atoms with Gasteiger partial charge in [-0.05, 0) is 44.5 Å². The van der Waals surface area contributed by atoms with Crippen molar-refractivity contribution < 1.29 is 0 Å². The molecule has 3 nitrogen and oxygen atoms in total. The number of nitrogen functional groups attached to an aromatic ring is 1. The van der Waals surface area contributed by atoms with Crippen LogP contribution in [-0.2, 0) is 0 Å². The molecule has 0 aliphatic carbocycles. The number of anilines is 2. The zero-order valence-corrected chi connectivity index (χ0v) is 10.7. The molecule has 1 aliphatic rings. The Kier molecular flexibility index (Phi) is 4.26. The Morgan fingerprint density at radius 3 is 2.71 bits per heavy atom. The van der Waals surface area contributed by atoms with E-state index in [1.807, 2.05) is 12.1 Å². The van der Waals surface area contributed by atoms with Crippen molar-refractivity contribution in [1.29, 1.82) is 0 Å². The summed E-state index contributed by atoms with van der Waals surface area (Å²) in [5, 5.41) is 3.46. The molecular weight excluding hydrogens is 210 g/mol. The first-order chi connectivity index (χ1) is 8.27. The molecule has 1 aliphatic heterocycles. The highest BCUT2D eigenvalue weighted by atomic mass is 15.1. The van der Waals surface area contributed by atoms with Crippen molar-refractivity contribution >= 4 is 11.4 Å². The minimum Gasteiger partial charge on any atom is -0.397 e. The maximum absolute atomic E-state index is 5.96. The van der Waals surface area contributed by atoms with Gasteiger partial charge in [-0.1, -0.05) is 18.6 Å². The van der Waals surface area contributed by atoms with E-state index in [-0.39, 0.29) is 0 Å². The molecular formula is C14H23N3. The van der Waals surface area contributed by atoms with Gasteiger partial charge in [0.25, 0.3) is 0 Å². The SMILES string of the molecule is Cc1cccc(N)c1NCCN1CCCCC1. The van der Waals surface area contributed by atoms with Crippen LogP contribution in [0.25, 0.3) is 0 Å². The van der Waals surface area contributed by atoms with E-state index in [9.17, 15) is 0 Å². The van der Waals surface area contributed by atoms with Crippen molar-refractivity contribution in [2.75, 3.05) is 37.2 Å². The Balaban J connectivity index is 1.81. The van der Waals surface area contributed by atoms with Crippen molar-refractivity contribution in [2.45, 2.75) is 26.2 Å². The van der Waals surface area contributed by atoms with E-state index >= 15 is 0 Å². The molecule has 0 bridgehead atoms. The van der Waals surface area contributed by atoms with Crippen LogP contribution < -0.4 is 11.1 Å². The fourth-order valence-electron chi connectivity index (χ4n) is 2.45. The number of nitrogens with two attached hydrogens (primary N) is 1. The van der Waals surface area contributed by atoms with E-state index in [4.69, 9.17) is 5.73 Å². The van der Waals surface area contributed by atoms with Gasteiger partial charge in [0.15, 0.2) is 0 Å². The molecule has 0 amide bonds. The molecule has 1 heterocycles. The summed E-state index contributed by atoms with van der Waals surface area (Å²) in [5.74, 6) is 0. The Hall–Kier alpha value is -1.22. The molecule has 2 rings (SSSR count). The van der Waals surface area contributed by atoms with E-state index in [0.29, 0.717) is 0 Å². The van der Waals surface area contributed by atoms with E-state index < -0.39 is 0 Å². The van der Waals surface area contributed by atoms with Crippen molar-refractivity contribution in [3.05, 3.63) is 23.8 Å². The average Bonchev–Trinajstić information content (AvgIpc) is 2.34. The van der Waals surface area contributed by atoms with Gasteiger partial charge in [-0.15, -0.1) is 0 Å². The second kappa shape index (κ2) is 5.92. The highest BCUT2D eigenvalue weighted by molar-refractivity contribution is 5.69. The third-order valence-electron chi connectivity index (χ3n) is 3.48. The summed E-state index contributed by atoms with van der Waals surface area (Å²) in [7, 11) is 0. The molecule has 0 unspecified atom stereocenters. The lowest BCUT2D eigenvalue weighted by atomic mass is 10.1. The first-order valence-corrected chi connectivity index (χ1v) is 6.58. The van der Waals surface area contributed by atoms with Crippen molar-refractivity contribution in [3.8, 4) is 0 Å². The van der Waals surface area contributed by atoms with Gasteiger partial charge in [0, 0.05) is 13.1 Å². The van der Waals surface area contributed by atoms with Crippen molar-refractivity contribution in [2.24, 2.45) is 0 Å². The number of piperidine rings is 1. The fraction of sp³-hybridized carbons (Fsp3) is 0.571. The Morgan fingerprint density at radius 2 is 2.00 bits per heavy atom. The second-order valence-corrected chi connectivity index (χ2v) is 4.87. The van der Waals surface area contributed by atoms with Crippen LogP contribution >= 0.6 is 0 Å². The van der Waals surface area contributed by atoms with Crippen LogP contribution in [0.3, 0.4) is 0 Å². The number of aryl methyl sites for hydroxylation is 1. The summed E-state index contributed by atoms with van der Waals surface area (Å²) in [6, 6.07) is 6.05. The summed E-state index contributed by atoms with van der Waals surface area (Å²) in [6.07, 6.45) is 4.10.